The van der Waals surface area contributed by atoms with Gasteiger partial charge in [0.25, 0.3) is 6.01 Å². The normalized spacial score (nSPS) is 11.0. The number of hydrogen-bond donors (Lipinski definition) is 1. The Morgan fingerprint density at radius 1 is 1.02 bits per heavy atom. The number of imidazole rings is 1. The predicted octanol–water partition coefficient (Wildman–Crippen LogP) is 0.307. The van der Waals surface area contributed by atoms with E-state index in [0.717, 1.165) is 16.7 Å². The number of aromatic carboxylic acids is 1. The van der Waals surface area contributed by atoms with Gasteiger partial charge in [-0.25, -0.2) is 9.59 Å². The molecule has 6 aromatic rings. The second-order valence-corrected chi connectivity index (χ2v) is 9.47. The first kappa shape index (κ1) is 29.8. The molecular formula is C30H23N4NaO8. The first-order valence-corrected chi connectivity index (χ1v) is 13.0. The number of ether oxygens (including phenoxy) is 1. The van der Waals surface area contributed by atoms with Gasteiger partial charge in [-0.15, -0.1) is 0 Å². The standard InChI is InChI=1S/C30H24N4O8.Na/c1-3-39-28-31-24-19(14-23-16(2)40-30(38)41-23)12-13-22(27(35)36)25(24)34(28)15-17-8-10-18(11-9-17)20-6-4-5-7-21(20)26-32-29(37)42-33-26;/h4-13H,3,14-15H2,1-2H3,(H,35,36)(H,32,33,37);/q;+1/p-1. The molecule has 0 fully saturated rings. The van der Waals surface area contributed by atoms with Crippen molar-refractivity contribution in [3.63, 3.8) is 0 Å². The molecule has 212 valence electrons. The van der Waals surface area contributed by atoms with Crippen LogP contribution in [0.3, 0.4) is 0 Å². The SMILES string of the molecule is CCOc1nc2c(Cc3oc(=O)oc3C)ccc(C(=O)[O-])c2n1Cc1ccc(-c2ccccc2-c2noc(=O)[nH]2)cc1.[Na+]. The molecule has 12 nitrogen and oxygen atoms in total. The summed E-state index contributed by atoms with van der Waals surface area (Å²) in [5.74, 6) is -1.85. The molecule has 43 heavy (non-hydrogen) atoms. The number of H-pyrrole nitrogens is 1. The Kier molecular flexibility index (Phi) is 8.53. The molecule has 0 radical (unpaired) electrons. The maximum atomic E-state index is 12.2. The monoisotopic (exact) mass is 590 g/mol. The molecule has 0 saturated heterocycles. The molecule has 0 aliphatic carbocycles. The molecule has 13 heteroatoms. The average Bonchev–Trinajstić information content (AvgIpc) is 3.66. The van der Waals surface area contributed by atoms with Crippen molar-refractivity contribution >= 4 is 17.0 Å². The fourth-order valence-corrected chi connectivity index (χ4v) is 4.93. The number of aromatic nitrogens is 4. The van der Waals surface area contributed by atoms with Gasteiger partial charge < -0.3 is 23.5 Å². The number of fused-ring (bicyclic) bond motifs is 1. The molecule has 0 unspecified atom stereocenters. The average molecular weight is 591 g/mol. The molecule has 0 aliphatic heterocycles. The number of aromatic amines is 1. The molecule has 3 aromatic heterocycles. The van der Waals surface area contributed by atoms with E-state index in [1.807, 2.05) is 55.5 Å². The van der Waals surface area contributed by atoms with E-state index in [0.29, 0.717) is 46.1 Å². The van der Waals surface area contributed by atoms with Gasteiger partial charge in [0.15, 0.2) is 11.6 Å². The van der Waals surface area contributed by atoms with Gasteiger partial charge in [-0.1, -0.05) is 65.8 Å². The second kappa shape index (κ2) is 12.3. The van der Waals surface area contributed by atoms with Crippen LogP contribution in [0.15, 0.2) is 83.6 Å². The van der Waals surface area contributed by atoms with Crippen LogP contribution in [0.5, 0.6) is 6.01 Å². The maximum absolute atomic E-state index is 12.2. The molecule has 6 rings (SSSR count). The number of rotatable bonds is 9. The number of nitrogens with zero attached hydrogens (tertiary/aromatic N) is 3. The van der Waals surface area contributed by atoms with Gasteiger partial charge in [-0.05, 0) is 36.1 Å². The third-order valence-electron chi connectivity index (χ3n) is 6.85. The van der Waals surface area contributed by atoms with Crippen molar-refractivity contribution in [2.45, 2.75) is 26.8 Å². The molecule has 0 saturated carbocycles. The largest absolute Gasteiger partial charge is 1.00 e. The van der Waals surface area contributed by atoms with E-state index in [2.05, 4.69) is 19.6 Å². The first-order chi connectivity index (χ1) is 20.3. The first-order valence-electron chi connectivity index (χ1n) is 13.0. The fraction of sp³-hybridized carbons (Fsp3) is 0.167. The Labute approximate surface area is 265 Å². The Balaban J connectivity index is 0.00000368. The van der Waals surface area contributed by atoms with E-state index in [1.165, 1.54) is 6.07 Å². The molecule has 0 aliphatic rings. The summed E-state index contributed by atoms with van der Waals surface area (Å²) in [5.41, 5.74) is 4.53. The topological polar surface area (TPSA) is 169 Å². The van der Waals surface area contributed by atoms with Crippen molar-refractivity contribution in [1.29, 1.82) is 0 Å². The van der Waals surface area contributed by atoms with Gasteiger partial charge in [0.05, 0.1) is 30.2 Å². The van der Waals surface area contributed by atoms with Gasteiger partial charge in [0.1, 0.15) is 5.76 Å². The van der Waals surface area contributed by atoms with Crippen molar-refractivity contribution in [2.75, 3.05) is 6.61 Å². The van der Waals surface area contributed by atoms with Crippen molar-refractivity contribution in [1.82, 2.24) is 19.7 Å². The number of carbonyl (C=O) groups is 1. The number of carboxylic acids is 1. The second-order valence-electron chi connectivity index (χ2n) is 9.47. The van der Waals surface area contributed by atoms with Crippen LogP contribution in [0.1, 0.15) is 39.9 Å². The molecule has 3 heterocycles. The van der Waals surface area contributed by atoms with E-state index in [-0.39, 0.29) is 54.1 Å². The summed E-state index contributed by atoms with van der Waals surface area (Å²) in [6.07, 6.45) is 0.162. The fourth-order valence-electron chi connectivity index (χ4n) is 4.93. The number of nitrogens with one attached hydrogen (secondary N) is 1. The third-order valence-corrected chi connectivity index (χ3v) is 6.85. The summed E-state index contributed by atoms with van der Waals surface area (Å²) in [5, 5.41) is 16.0. The van der Waals surface area contributed by atoms with Crippen molar-refractivity contribution in [3.05, 3.63) is 110 Å². The maximum Gasteiger partial charge on any atom is 1.00 e. The van der Waals surface area contributed by atoms with Crippen LogP contribution in [-0.2, 0) is 13.0 Å². The van der Waals surface area contributed by atoms with Crippen molar-refractivity contribution in [2.24, 2.45) is 0 Å². The summed E-state index contributed by atoms with van der Waals surface area (Å²) >= 11 is 0. The van der Waals surface area contributed by atoms with Gasteiger partial charge in [0.2, 0.25) is 0 Å². The Hall–Kier alpha value is -4.65. The zero-order valence-corrected chi connectivity index (χ0v) is 25.5. The van der Waals surface area contributed by atoms with Crippen LogP contribution in [-0.4, -0.2) is 32.3 Å². The Bertz CT molecular complexity index is 2050. The number of carbonyl (C=O) groups excluding carboxylic acids is 1. The van der Waals surface area contributed by atoms with Crippen LogP contribution in [0.4, 0.5) is 0 Å². The quantitative estimate of drug-likeness (QED) is 0.231. The number of aryl methyl sites for hydroxylation is 1. The molecule has 0 bridgehead atoms. The smallest absolute Gasteiger partial charge is 0.545 e. The predicted molar refractivity (Wildman–Crippen MR) is 147 cm³/mol. The minimum absolute atomic E-state index is 0. The van der Waals surface area contributed by atoms with Crippen LogP contribution in [0.2, 0.25) is 0 Å². The van der Waals surface area contributed by atoms with E-state index in [4.69, 9.17) is 13.6 Å². The summed E-state index contributed by atoms with van der Waals surface area (Å²) in [6.45, 7) is 3.97. The summed E-state index contributed by atoms with van der Waals surface area (Å²) < 4.78 is 22.3. The van der Waals surface area contributed by atoms with Crippen LogP contribution in [0, 0.1) is 6.92 Å². The number of hydrogen-bond acceptors (Lipinski definition) is 10. The zero-order valence-electron chi connectivity index (χ0n) is 23.5. The molecule has 1 N–H and O–H groups in total. The molecule has 0 spiro atoms. The number of benzene rings is 3. The van der Waals surface area contributed by atoms with E-state index in [9.17, 15) is 19.5 Å². The Morgan fingerprint density at radius 2 is 1.77 bits per heavy atom. The molecule has 0 atom stereocenters. The zero-order chi connectivity index (χ0) is 29.4. The van der Waals surface area contributed by atoms with Crippen LogP contribution < -0.4 is 51.0 Å². The summed E-state index contributed by atoms with van der Waals surface area (Å²) in [4.78, 5) is 42.5. The summed E-state index contributed by atoms with van der Waals surface area (Å²) in [7, 11) is 0. The van der Waals surface area contributed by atoms with Gasteiger partial charge in [-0.2, -0.15) is 4.98 Å². The van der Waals surface area contributed by atoms with Gasteiger partial charge >= 0.3 is 41.1 Å². The van der Waals surface area contributed by atoms with E-state index in [1.54, 1.807) is 17.6 Å². The van der Waals surface area contributed by atoms with E-state index < -0.39 is 17.5 Å². The third kappa shape index (κ3) is 5.85. The molecule has 3 aromatic carbocycles. The van der Waals surface area contributed by atoms with Crippen molar-refractivity contribution < 1.29 is 57.6 Å². The van der Waals surface area contributed by atoms with Gasteiger partial charge in [0, 0.05) is 17.5 Å². The van der Waals surface area contributed by atoms with Gasteiger partial charge in [-0.3, -0.25) is 14.1 Å². The van der Waals surface area contributed by atoms with Crippen molar-refractivity contribution in [3.8, 4) is 28.5 Å². The van der Waals surface area contributed by atoms with E-state index >= 15 is 0 Å². The summed E-state index contributed by atoms with van der Waals surface area (Å²) in [6, 6.07) is 18.4. The van der Waals surface area contributed by atoms with Crippen LogP contribution >= 0.6 is 0 Å². The van der Waals surface area contributed by atoms with Crippen LogP contribution in [0.25, 0.3) is 33.5 Å². The Morgan fingerprint density at radius 3 is 2.40 bits per heavy atom. The minimum atomic E-state index is -1.36. The minimum Gasteiger partial charge on any atom is -0.545 e. The molecule has 0 amide bonds. The molecular weight excluding hydrogens is 567 g/mol. The number of carboxylic acid groups (broad SMARTS) is 1.